The monoisotopic (exact) mass is 657 g/mol. The van der Waals surface area contributed by atoms with Gasteiger partial charge < -0.3 is 21.7 Å². The van der Waals surface area contributed by atoms with E-state index in [9.17, 15) is 4.79 Å². The minimum Gasteiger partial charge on any atom is -1.00 e. The first-order chi connectivity index (χ1) is 23.0. The van der Waals surface area contributed by atoms with Crippen LogP contribution in [0, 0.1) is 5.92 Å². The highest BCUT2D eigenvalue weighted by atomic mass is 35.5. The fourth-order valence-electron chi connectivity index (χ4n) is 6.79. The summed E-state index contributed by atoms with van der Waals surface area (Å²) in [4.78, 5) is 16.8. The van der Waals surface area contributed by atoms with Gasteiger partial charge in [-0.25, -0.2) is 5.84 Å². The van der Waals surface area contributed by atoms with Crippen LogP contribution in [0.1, 0.15) is 18.4 Å². The van der Waals surface area contributed by atoms with Gasteiger partial charge in [-0.1, -0.05) is 60.7 Å². The largest absolute Gasteiger partial charge is 1.00 e. The summed E-state index contributed by atoms with van der Waals surface area (Å²) >= 11 is 0. The van der Waals surface area contributed by atoms with Crippen LogP contribution in [-0.4, -0.2) is 38.0 Å². The van der Waals surface area contributed by atoms with Gasteiger partial charge in [0.25, 0.3) is 0 Å². The van der Waals surface area contributed by atoms with Gasteiger partial charge in [-0.2, -0.15) is 4.58 Å². The molecule has 0 atom stereocenters. The third-order valence-corrected chi connectivity index (χ3v) is 9.53. The minimum atomic E-state index is -0.0643. The third-order valence-electron chi connectivity index (χ3n) is 9.53. The smallest absolute Gasteiger partial charge is 0.237 e. The van der Waals surface area contributed by atoms with Gasteiger partial charge in [-0.3, -0.25) is 15.1 Å². The first-order valence-electron chi connectivity index (χ1n) is 16.2. The van der Waals surface area contributed by atoms with E-state index in [4.69, 9.17) is 10.3 Å². The van der Waals surface area contributed by atoms with Crippen molar-refractivity contribution in [2.75, 3.05) is 32.1 Å². The van der Waals surface area contributed by atoms with E-state index in [1.165, 1.54) is 11.1 Å². The van der Waals surface area contributed by atoms with Gasteiger partial charge in [0.2, 0.25) is 17.0 Å². The van der Waals surface area contributed by atoms with Gasteiger partial charge in [0.1, 0.15) is 18.4 Å². The van der Waals surface area contributed by atoms with Gasteiger partial charge in [-0.05, 0) is 67.4 Å². The molecule has 3 aliphatic rings. The van der Waals surface area contributed by atoms with E-state index in [0.29, 0.717) is 0 Å². The summed E-state index contributed by atoms with van der Waals surface area (Å²) in [5, 5.41) is 2.12. The Hall–Kier alpha value is -4.95. The number of hydrogen-bond donors (Lipinski definition) is 2. The summed E-state index contributed by atoms with van der Waals surface area (Å²) in [6.07, 6.45) is 1.60. The van der Waals surface area contributed by atoms with Crippen LogP contribution in [0.2, 0.25) is 0 Å². The van der Waals surface area contributed by atoms with E-state index >= 15 is 0 Å². The van der Waals surface area contributed by atoms with Gasteiger partial charge in [0, 0.05) is 71.7 Å². The predicted molar refractivity (Wildman–Crippen MR) is 190 cm³/mol. The van der Waals surface area contributed by atoms with E-state index in [2.05, 4.69) is 143 Å². The fourth-order valence-corrected chi connectivity index (χ4v) is 6.79. The Morgan fingerprint density at radius 3 is 2.27 bits per heavy atom. The summed E-state index contributed by atoms with van der Waals surface area (Å²) in [5.41, 5.74) is 11.1. The van der Waals surface area contributed by atoms with Crippen molar-refractivity contribution in [3.63, 3.8) is 0 Å². The number of para-hydroxylation sites is 2. The molecule has 4 aromatic rings. The summed E-state index contributed by atoms with van der Waals surface area (Å²) in [6.45, 7) is 2.50. The second-order valence-corrected chi connectivity index (χ2v) is 12.3. The van der Waals surface area contributed by atoms with Crippen LogP contribution in [0.5, 0.6) is 0 Å². The van der Waals surface area contributed by atoms with E-state index in [1.807, 2.05) is 12.1 Å². The highest BCUT2D eigenvalue weighted by Crippen LogP contribution is 2.42. The maximum atomic E-state index is 12.1. The molecule has 0 aromatic heterocycles. The topological polar surface area (TPSA) is 77.8 Å². The number of nitrogens with two attached hydrogens (primary N) is 1. The quantitative estimate of drug-likeness (QED) is 0.0896. The maximum Gasteiger partial charge on any atom is 0.237 e. The second-order valence-electron chi connectivity index (χ2n) is 12.3. The number of piperidine rings is 1. The van der Waals surface area contributed by atoms with Crippen LogP contribution in [0.3, 0.4) is 0 Å². The Balaban J connectivity index is 0.00000401. The van der Waals surface area contributed by atoms with Crippen LogP contribution in [0.4, 0.5) is 17.1 Å². The highest BCUT2D eigenvalue weighted by Gasteiger charge is 2.26. The molecule has 0 spiro atoms. The molecule has 4 aromatic carbocycles. The number of anilines is 2. The zero-order valence-electron chi connectivity index (χ0n) is 27.3. The Kier molecular flexibility index (Phi) is 9.92. The SMILES string of the molecule is CN(c1ccccc1)c1ccc2c(-c3ccccc3CN3CCC(C(=O)NN)CC3)c3ccc(=[N+](C)c4ccccc4)cc-3oc2c1.[Cl-]. The van der Waals surface area contributed by atoms with E-state index in [1.54, 1.807) is 0 Å². The van der Waals surface area contributed by atoms with Gasteiger partial charge in [-0.15, -0.1) is 0 Å². The van der Waals surface area contributed by atoms with Crippen LogP contribution in [0.25, 0.3) is 33.4 Å². The number of carbonyl (C=O) groups excluding carboxylic acids is 1. The van der Waals surface area contributed by atoms with Crippen molar-refractivity contribution in [1.29, 1.82) is 0 Å². The summed E-state index contributed by atoms with van der Waals surface area (Å²) < 4.78 is 8.97. The lowest BCUT2D eigenvalue weighted by Crippen LogP contribution is -3.00. The molecule has 7 nitrogen and oxygen atoms in total. The van der Waals surface area contributed by atoms with Gasteiger partial charge >= 0.3 is 0 Å². The first-order valence-corrected chi connectivity index (χ1v) is 16.2. The zero-order chi connectivity index (χ0) is 32.3. The standard InChI is InChI=1S/C40H39N5O2.ClH/c1-43(30-12-5-3-6-13-30)32-17-19-35-37(25-32)47-38-26-33(44(2)31-14-7-4-8-15-31)18-20-36(38)39(35)34-16-10-9-11-29(34)27-45-23-21-28(22-24-45)40(46)42-41;/h3-20,25-26,28H,21-24,27,41H2,1-2H3;1H. The Labute approximate surface area is 287 Å². The fraction of sp³-hybridized carbons (Fsp3) is 0.200. The normalized spacial score (nSPS) is 14.4. The molecule has 244 valence electrons. The molecular formula is C40H40ClN5O2. The number of hydrazine groups is 1. The molecular weight excluding hydrogens is 618 g/mol. The van der Waals surface area contributed by atoms with E-state index in [-0.39, 0.29) is 24.2 Å². The molecule has 0 radical (unpaired) electrons. The number of carbonyl (C=O) groups is 1. The molecule has 0 unspecified atom stereocenters. The lowest BCUT2D eigenvalue weighted by molar-refractivity contribution is -0.126. The molecule has 1 fully saturated rings. The third kappa shape index (κ3) is 6.58. The summed E-state index contributed by atoms with van der Waals surface area (Å²) in [7, 11) is 4.17. The number of rotatable bonds is 7. The predicted octanol–water partition coefficient (Wildman–Crippen LogP) is 3.91. The van der Waals surface area contributed by atoms with Gasteiger partial charge in [0.05, 0.1) is 6.07 Å². The number of fused-ring (bicyclic) bond motifs is 2. The van der Waals surface area contributed by atoms with Crippen molar-refractivity contribution in [2.45, 2.75) is 19.4 Å². The number of nitrogens with zero attached hydrogens (tertiary/aromatic N) is 3. The molecule has 1 aliphatic carbocycles. The maximum absolute atomic E-state index is 12.1. The first kappa shape index (κ1) is 33.0. The number of nitrogens with one attached hydrogen (secondary N) is 1. The molecule has 2 aliphatic heterocycles. The molecule has 1 amide bonds. The molecule has 0 saturated carbocycles. The van der Waals surface area contributed by atoms with Crippen molar-refractivity contribution in [2.24, 2.45) is 11.8 Å². The molecule has 48 heavy (non-hydrogen) atoms. The van der Waals surface area contributed by atoms with Crippen molar-refractivity contribution in [1.82, 2.24) is 14.9 Å². The molecule has 7 rings (SSSR count). The average molecular weight is 658 g/mol. The van der Waals surface area contributed by atoms with E-state index in [0.717, 1.165) is 82.8 Å². The van der Waals surface area contributed by atoms with Gasteiger partial charge in [0.15, 0.2) is 0 Å². The molecule has 1 saturated heterocycles. The number of hydrogen-bond acceptors (Lipinski definition) is 5. The van der Waals surface area contributed by atoms with Crippen molar-refractivity contribution in [3.8, 4) is 22.5 Å². The van der Waals surface area contributed by atoms with Crippen molar-refractivity contribution >= 4 is 33.9 Å². The lowest BCUT2D eigenvalue weighted by Gasteiger charge is -2.31. The zero-order valence-corrected chi connectivity index (χ0v) is 28.0. The molecule has 3 N–H and O–H groups in total. The van der Waals surface area contributed by atoms with E-state index < -0.39 is 0 Å². The van der Waals surface area contributed by atoms with Crippen molar-refractivity contribution in [3.05, 3.63) is 132 Å². The van der Waals surface area contributed by atoms with Crippen LogP contribution in [-0.2, 0) is 11.3 Å². The number of likely N-dealkylation sites (tertiary alicyclic amines) is 1. The lowest BCUT2D eigenvalue weighted by atomic mass is 9.90. The summed E-state index contributed by atoms with van der Waals surface area (Å²) in [5.74, 6) is 6.16. The number of amides is 1. The number of benzene rings is 5. The van der Waals surface area contributed by atoms with Crippen LogP contribution < -0.4 is 38.5 Å². The Morgan fingerprint density at radius 1 is 0.854 bits per heavy atom. The molecule has 8 heteroatoms. The highest BCUT2D eigenvalue weighted by molar-refractivity contribution is 6.03. The average Bonchev–Trinajstić information content (AvgIpc) is 3.13. The Bertz CT molecular complexity index is 2070. The molecule has 2 heterocycles. The van der Waals surface area contributed by atoms with Crippen molar-refractivity contribution < 1.29 is 21.6 Å². The molecule has 0 bridgehead atoms. The van der Waals surface area contributed by atoms with Crippen LogP contribution in [0.15, 0.2) is 126 Å². The van der Waals surface area contributed by atoms with Crippen LogP contribution >= 0.6 is 0 Å². The second kappa shape index (κ2) is 14.4. The number of halogens is 1. The Morgan fingerprint density at radius 2 is 1.54 bits per heavy atom. The minimum absolute atomic E-state index is 0. The summed E-state index contributed by atoms with van der Waals surface area (Å²) in [6, 6.07) is 42.5.